The van der Waals surface area contributed by atoms with Crippen LogP contribution in [0, 0.1) is 0 Å². The first-order valence-corrected chi connectivity index (χ1v) is 7.25. The number of rotatable bonds is 5. The highest BCUT2D eigenvalue weighted by atomic mass is 16.1. The molecule has 0 unspecified atom stereocenters. The number of piperazine rings is 1. The van der Waals surface area contributed by atoms with E-state index in [4.69, 9.17) is 0 Å². The lowest BCUT2D eigenvalue weighted by atomic mass is 10.0. The van der Waals surface area contributed by atoms with Crippen LogP contribution in [-0.2, 0) is 4.79 Å². The summed E-state index contributed by atoms with van der Waals surface area (Å²) in [7, 11) is 2.16. The van der Waals surface area contributed by atoms with Crippen LogP contribution in [0.2, 0.25) is 0 Å². The van der Waals surface area contributed by atoms with Crippen LogP contribution in [-0.4, -0.2) is 61.0 Å². The number of likely N-dealkylation sites (N-methyl/N-ethyl adjacent to an activating group) is 1. The van der Waals surface area contributed by atoms with Crippen LogP contribution >= 0.6 is 0 Å². The zero-order chi connectivity index (χ0) is 14.5. The Bertz CT molecular complexity index is 328. The largest absolute Gasteiger partial charge is 0.350 e. The summed E-state index contributed by atoms with van der Waals surface area (Å²) in [6.45, 7) is 13.4. The predicted molar refractivity (Wildman–Crippen MR) is 80.2 cm³/mol. The molecule has 0 atom stereocenters. The van der Waals surface area contributed by atoms with Crippen molar-refractivity contribution in [1.29, 1.82) is 0 Å². The average Bonchev–Trinajstić information content (AvgIpc) is 2.37. The second kappa shape index (κ2) is 7.06. The van der Waals surface area contributed by atoms with Gasteiger partial charge >= 0.3 is 0 Å². The van der Waals surface area contributed by atoms with E-state index >= 15 is 0 Å². The number of carbonyl (C=O) groups is 1. The molecule has 4 nitrogen and oxygen atoms in total. The first kappa shape index (κ1) is 16.2. The third kappa shape index (κ3) is 4.96. The van der Waals surface area contributed by atoms with Crippen molar-refractivity contribution < 1.29 is 4.79 Å². The average molecular weight is 267 g/mol. The summed E-state index contributed by atoms with van der Waals surface area (Å²) in [6, 6.07) is 0. The Labute approximate surface area is 117 Å². The van der Waals surface area contributed by atoms with Crippen molar-refractivity contribution in [3.8, 4) is 0 Å². The van der Waals surface area contributed by atoms with Crippen molar-refractivity contribution in [3.63, 3.8) is 0 Å². The van der Waals surface area contributed by atoms with E-state index in [-0.39, 0.29) is 11.4 Å². The second-order valence-corrected chi connectivity index (χ2v) is 6.08. The Morgan fingerprint density at radius 3 is 2.37 bits per heavy atom. The normalized spacial score (nSPS) is 19.5. The molecule has 0 spiro atoms. The summed E-state index contributed by atoms with van der Waals surface area (Å²) in [5.74, 6) is 0.0593. The first-order valence-electron chi connectivity index (χ1n) is 7.25. The van der Waals surface area contributed by atoms with Crippen LogP contribution in [0.3, 0.4) is 0 Å². The lowest BCUT2D eigenvalue weighted by Crippen LogP contribution is -2.57. The van der Waals surface area contributed by atoms with Gasteiger partial charge in [0.1, 0.15) is 0 Å². The van der Waals surface area contributed by atoms with Crippen LogP contribution in [0.15, 0.2) is 11.6 Å². The van der Waals surface area contributed by atoms with E-state index < -0.39 is 0 Å². The molecule has 1 rings (SSSR count). The highest BCUT2D eigenvalue weighted by molar-refractivity contribution is 5.92. The van der Waals surface area contributed by atoms with E-state index in [1.807, 2.05) is 19.9 Å². The molecule has 1 amide bonds. The number of hydrogen-bond donors (Lipinski definition) is 1. The van der Waals surface area contributed by atoms with E-state index in [1.54, 1.807) is 0 Å². The molecule has 0 aromatic rings. The maximum Gasteiger partial charge on any atom is 0.246 e. The topological polar surface area (TPSA) is 35.6 Å². The summed E-state index contributed by atoms with van der Waals surface area (Å²) >= 11 is 0. The van der Waals surface area contributed by atoms with Crippen molar-refractivity contribution in [1.82, 2.24) is 15.1 Å². The van der Waals surface area contributed by atoms with Gasteiger partial charge in [0.05, 0.1) is 0 Å². The van der Waals surface area contributed by atoms with E-state index in [2.05, 4.69) is 36.0 Å². The summed E-state index contributed by atoms with van der Waals surface area (Å²) in [5.41, 5.74) is 0.834. The third-order valence-electron chi connectivity index (χ3n) is 3.91. The smallest absolute Gasteiger partial charge is 0.246 e. The lowest BCUT2D eigenvalue weighted by molar-refractivity contribution is -0.118. The molecule has 1 fully saturated rings. The van der Waals surface area contributed by atoms with Gasteiger partial charge in [-0.05, 0) is 34.2 Å². The summed E-state index contributed by atoms with van der Waals surface area (Å²) < 4.78 is 0. The summed E-state index contributed by atoms with van der Waals surface area (Å²) in [4.78, 5) is 16.7. The molecule has 0 aliphatic carbocycles. The Kier molecular flexibility index (Phi) is 6.01. The van der Waals surface area contributed by atoms with Gasteiger partial charge in [0.15, 0.2) is 0 Å². The number of nitrogens with zero attached hydrogens (tertiary/aromatic N) is 2. The molecule has 0 radical (unpaired) electrons. The van der Waals surface area contributed by atoms with Crippen LogP contribution in [0.5, 0.6) is 0 Å². The van der Waals surface area contributed by atoms with E-state index in [9.17, 15) is 4.79 Å². The lowest BCUT2D eigenvalue weighted by Gasteiger charge is -2.43. The maximum absolute atomic E-state index is 11.9. The number of hydrogen-bond acceptors (Lipinski definition) is 3. The molecule has 1 saturated heterocycles. The molecule has 1 aliphatic heterocycles. The van der Waals surface area contributed by atoms with E-state index in [0.717, 1.165) is 38.2 Å². The van der Waals surface area contributed by atoms with Crippen molar-refractivity contribution in [2.75, 3.05) is 39.8 Å². The molecular formula is C15H29N3O. The van der Waals surface area contributed by atoms with Gasteiger partial charge in [-0.15, -0.1) is 0 Å². The zero-order valence-corrected chi connectivity index (χ0v) is 13.1. The van der Waals surface area contributed by atoms with Crippen molar-refractivity contribution >= 4 is 5.91 Å². The van der Waals surface area contributed by atoms with Crippen LogP contribution < -0.4 is 5.32 Å². The first-order chi connectivity index (χ1) is 8.86. The number of carbonyl (C=O) groups excluding carboxylic acids is 1. The molecule has 1 aliphatic rings. The molecule has 0 bridgehead atoms. The van der Waals surface area contributed by atoms with Gasteiger partial charge in [-0.2, -0.15) is 0 Å². The predicted octanol–water partition coefficient (Wildman–Crippen LogP) is 1.48. The van der Waals surface area contributed by atoms with E-state index in [0.29, 0.717) is 6.54 Å². The minimum atomic E-state index is 0.0173. The fourth-order valence-corrected chi connectivity index (χ4v) is 2.36. The van der Waals surface area contributed by atoms with Gasteiger partial charge < -0.3 is 10.2 Å². The third-order valence-corrected chi connectivity index (χ3v) is 3.91. The standard InChI is InChI=1S/C15H29N3O/c1-6-7-13(2)14(19)16-12-15(3,4)18-10-8-17(5)9-11-18/h7H,6,8-12H2,1-5H3,(H,16,19)/b13-7-. The second-order valence-electron chi connectivity index (χ2n) is 6.08. The molecule has 110 valence electrons. The Morgan fingerprint density at radius 2 is 1.84 bits per heavy atom. The molecule has 0 aromatic heterocycles. The van der Waals surface area contributed by atoms with Crippen molar-refractivity contribution in [3.05, 3.63) is 11.6 Å². The van der Waals surface area contributed by atoms with E-state index in [1.165, 1.54) is 0 Å². The van der Waals surface area contributed by atoms with Gasteiger partial charge in [-0.1, -0.05) is 13.0 Å². The van der Waals surface area contributed by atoms with Gasteiger partial charge in [0.25, 0.3) is 0 Å². The molecular weight excluding hydrogens is 238 g/mol. The van der Waals surface area contributed by atoms with Gasteiger partial charge in [-0.25, -0.2) is 0 Å². The Hall–Kier alpha value is -0.870. The van der Waals surface area contributed by atoms with Crippen LogP contribution in [0.25, 0.3) is 0 Å². The van der Waals surface area contributed by atoms with Crippen molar-refractivity contribution in [2.24, 2.45) is 0 Å². The number of nitrogens with one attached hydrogen (secondary N) is 1. The fraction of sp³-hybridized carbons (Fsp3) is 0.800. The Morgan fingerprint density at radius 1 is 1.26 bits per heavy atom. The summed E-state index contributed by atoms with van der Waals surface area (Å²) in [6.07, 6.45) is 2.87. The molecule has 1 N–H and O–H groups in total. The number of amides is 1. The van der Waals surface area contributed by atoms with Crippen LogP contribution in [0.1, 0.15) is 34.1 Å². The number of allylic oxidation sites excluding steroid dienone is 1. The monoisotopic (exact) mass is 267 g/mol. The molecule has 19 heavy (non-hydrogen) atoms. The Balaban J connectivity index is 2.46. The maximum atomic E-state index is 11.9. The highest BCUT2D eigenvalue weighted by Gasteiger charge is 2.29. The highest BCUT2D eigenvalue weighted by Crippen LogP contribution is 2.15. The van der Waals surface area contributed by atoms with Crippen LogP contribution in [0.4, 0.5) is 0 Å². The fourth-order valence-electron chi connectivity index (χ4n) is 2.36. The molecule has 0 aromatic carbocycles. The zero-order valence-electron chi connectivity index (χ0n) is 13.1. The van der Waals surface area contributed by atoms with Gasteiger partial charge in [-0.3, -0.25) is 9.69 Å². The minimum absolute atomic E-state index is 0.0173. The quantitative estimate of drug-likeness (QED) is 0.767. The molecule has 0 saturated carbocycles. The SMILES string of the molecule is CC/C=C(/C)C(=O)NCC(C)(C)N1CCN(C)CC1. The van der Waals surface area contributed by atoms with Gasteiger partial charge in [0, 0.05) is 43.8 Å². The summed E-state index contributed by atoms with van der Waals surface area (Å²) in [5, 5.41) is 3.05. The van der Waals surface area contributed by atoms with Gasteiger partial charge in [0.2, 0.25) is 5.91 Å². The van der Waals surface area contributed by atoms with Crippen molar-refractivity contribution in [2.45, 2.75) is 39.7 Å². The minimum Gasteiger partial charge on any atom is -0.350 e. The molecule has 1 heterocycles. The molecule has 4 heteroatoms.